The summed E-state index contributed by atoms with van der Waals surface area (Å²) in [6, 6.07) is 2.83. The highest BCUT2D eigenvalue weighted by Gasteiger charge is 2.25. The van der Waals surface area contributed by atoms with Gasteiger partial charge in [-0.15, -0.1) is 0 Å². The number of hydrogen-bond acceptors (Lipinski definition) is 6. The number of aromatic nitrogens is 5. The Morgan fingerprint density at radius 1 is 1.31 bits per heavy atom. The van der Waals surface area contributed by atoms with Crippen molar-refractivity contribution in [1.29, 1.82) is 0 Å². The molecule has 0 aliphatic heterocycles. The highest BCUT2D eigenvalue weighted by atomic mass is 32.1. The molecule has 0 saturated heterocycles. The summed E-state index contributed by atoms with van der Waals surface area (Å²) in [4.78, 5) is 14.0. The zero-order valence-electron chi connectivity index (χ0n) is 15.6. The Balaban J connectivity index is 1.83. The first-order valence-electron chi connectivity index (χ1n) is 9.44. The van der Waals surface area contributed by atoms with Gasteiger partial charge in [0, 0.05) is 18.5 Å². The first kappa shape index (κ1) is 17.5. The second kappa shape index (κ2) is 7.04. The van der Waals surface area contributed by atoms with Crippen molar-refractivity contribution in [2.24, 2.45) is 11.7 Å². The molecule has 2 atom stereocenters. The van der Waals surface area contributed by atoms with Gasteiger partial charge in [-0.1, -0.05) is 13.8 Å². The molecule has 1 aliphatic rings. The molecule has 2 N–H and O–H groups in total. The van der Waals surface area contributed by atoms with E-state index in [0.717, 1.165) is 52.6 Å². The molecule has 6 nitrogen and oxygen atoms in total. The van der Waals surface area contributed by atoms with E-state index in [9.17, 15) is 0 Å². The summed E-state index contributed by atoms with van der Waals surface area (Å²) in [6.07, 6.45) is 7.34. The first-order valence-corrected chi connectivity index (χ1v) is 10.2. The molecule has 0 spiro atoms. The van der Waals surface area contributed by atoms with Crippen molar-refractivity contribution in [3.05, 3.63) is 23.9 Å². The van der Waals surface area contributed by atoms with Crippen molar-refractivity contribution in [2.45, 2.75) is 65.0 Å². The van der Waals surface area contributed by atoms with Gasteiger partial charge in [0.15, 0.2) is 5.01 Å². The molecule has 0 radical (unpaired) electrons. The van der Waals surface area contributed by atoms with Crippen molar-refractivity contribution in [1.82, 2.24) is 23.9 Å². The lowest BCUT2D eigenvalue weighted by Gasteiger charge is -2.29. The van der Waals surface area contributed by atoms with Gasteiger partial charge in [-0.25, -0.2) is 9.97 Å². The van der Waals surface area contributed by atoms with E-state index >= 15 is 0 Å². The molecule has 3 heterocycles. The van der Waals surface area contributed by atoms with Gasteiger partial charge < -0.3 is 10.3 Å². The lowest BCUT2D eigenvalue weighted by atomic mass is 9.91. The second-order valence-electron chi connectivity index (χ2n) is 7.78. The monoisotopic (exact) mass is 370 g/mol. The van der Waals surface area contributed by atoms with Gasteiger partial charge in [-0.2, -0.15) is 4.37 Å². The van der Waals surface area contributed by atoms with Crippen LogP contribution in [0.25, 0.3) is 21.7 Å². The Hall–Kier alpha value is -1.86. The van der Waals surface area contributed by atoms with Gasteiger partial charge in [0.1, 0.15) is 22.9 Å². The Morgan fingerprint density at radius 2 is 2.15 bits per heavy atom. The molecular weight excluding hydrogens is 344 g/mol. The van der Waals surface area contributed by atoms with Gasteiger partial charge in [-0.3, -0.25) is 4.98 Å². The van der Waals surface area contributed by atoms with Crippen LogP contribution in [0.2, 0.25) is 0 Å². The van der Waals surface area contributed by atoms with Gasteiger partial charge in [0.05, 0.1) is 11.7 Å². The maximum absolute atomic E-state index is 6.29. The zero-order chi connectivity index (χ0) is 18.3. The van der Waals surface area contributed by atoms with E-state index < -0.39 is 0 Å². The van der Waals surface area contributed by atoms with Crippen LogP contribution in [-0.2, 0) is 6.42 Å². The lowest BCUT2D eigenvalue weighted by Crippen LogP contribution is -2.30. The number of rotatable bonds is 4. The summed E-state index contributed by atoms with van der Waals surface area (Å²) in [6.45, 7) is 6.39. The Morgan fingerprint density at radius 3 is 2.85 bits per heavy atom. The molecule has 0 bridgehead atoms. The van der Waals surface area contributed by atoms with Crippen LogP contribution in [0.3, 0.4) is 0 Å². The molecule has 1 aliphatic carbocycles. The predicted octanol–water partition coefficient (Wildman–Crippen LogP) is 3.90. The number of imidazole rings is 1. The van der Waals surface area contributed by atoms with E-state index in [1.807, 2.05) is 13.1 Å². The molecule has 1 saturated carbocycles. The SMILES string of the molecule is Cc1nsc(-c2cc3c(cn2)nc(CC(C)C)n3[C@@H]2CCC[C@H](N)C2)n1. The van der Waals surface area contributed by atoms with Crippen LogP contribution in [0, 0.1) is 12.8 Å². The third kappa shape index (κ3) is 3.38. The lowest BCUT2D eigenvalue weighted by molar-refractivity contribution is 0.317. The number of pyridine rings is 1. The number of aryl methyl sites for hydroxylation is 1. The van der Waals surface area contributed by atoms with Crippen LogP contribution in [0.15, 0.2) is 12.3 Å². The van der Waals surface area contributed by atoms with E-state index in [1.165, 1.54) is 24.4 Å². The van der Waals surface area contributed by atoms with Crippen molar-refractivity contribution >= 4 is 22.6 Å². The fourth-order valence-corrected chi connectivity index (χ4v) is 4.56. The number of nitrogens with zero attached hydrogens (tertiary/aromatic N) is 5. The minimum absolute atomic E-state index is 0.283. The Labute approximate surface area is 158 Å². The molecule has 26 heavy (non-hydrogen) atoms. The summed E-state index contributed by atoms with van der Waals surface area (Å²) in [5.41, 5.74) is 9.28. The molecule has 4 rings (SSSR count). The van der Waals surface area contributed by atoms with Crippen LogP contribution in [0.5, 0.6) is 0 Å². The van der Waals surface area contributed by atoms with Gasteiger partial charge in [-0.05, 0) is 56.1 Å². The quantitative estimate of drug-likeness (QED) is 0.753. The van der Waals surface area contributed by atoms with Crippen molar-refractivity contribution < 1.29 is 0 Å². The first-order chi connectivity index (χ1) is 12.5. The van der Waals surface area contributed by atoms with E-state index in [-0.39, 0.29) is 6.04 Å². The van der Waals surface area contributed by atoms with Crippen molar-refractivity contribution in [2.75, 3.05) is 0 Å². The molecular formula is C19H26N6S. The largest absolute Gasteiger partial charge is 0.328 e. The summed E-state index contributed by atoms with van der Waals surface area (Å²) >= 11 is 1.40. The Bertz CT molecular complexity index is 912. The normalized spacial score (nSPS) is 21.0. The van der Waals surface area contributed by atoms with Crippen LogP contribution < -0.4 is 5.73 Å². The average molecular weight is 371 g/mol. The maximum atomic E-state index is 6.29. The predicted molar refractivity (Wildman–Crippen MR) is 105 cm³/mol. The molecule has 0 amide bonds. The van der Waals surface area contributed by atoms with Gasteiger partial charge in [0.25, 0.3) is 0 Å². The van der Waals surface area contributed by atoms with E-state index in [0.29, 0.717) is 12.0 Å². The van der Waals surface area contributed by atoms with Crippen molar-refractivity contribution in [3.63, 3.8) is 0 Å². The number of nitrogens with two attached hydrogens (primary N) is 1. The smallest absolute Gasteiger partial charge is 0.162 e. The third-order valence-electron chi connectivity index (χ3n) is 5.04. The highest BCUT2D eigenvalue weighted by molar-refractivity contribution is 7.09. The minimum Gasteiger partial charge on any atom is -0.328 e. The molecule has 138 valence electrons. The molecule has 0 aromatic carbocycles. The van der Waals surface area contributed by atoms with Crippen molar-refractivity contribution in [3.8, 4) is 10.7 Å². The average Bonchev–Trinajstić information content (AvgIpc) is 3.16. The number of fused-ring (bicyclic) bond motifs is 1. The molecule has 0 unspecified atom stereocenters. The third-order valence-corrected chi connectivity index (χ3v) is 5.87. The highest BCUT2D eigenvalue weighted by Crippen LogP contribution is 2.34. The van der Waals surface area contributed by atoms with Crippen LogP contribution in [-0.4, -0.2) is 29.9 Å². The second-order valence-corrected chi connectivity index (χ2v) is 8.53. The topological polar surface area (TPSA) is 82.5 Å². The summed E-state index contributed by atoms with van der Waals surface area (Å²) < 4.78 is 6.73. The molecule has 7 heteroatoms. The maximum Gasteiger partial charge on any atom is 0.162 e. The molecule has 3 aromatic rings. The summed E-state index contributed by atoms with van der Waals surface area (Å²) in [5, 5.41) is 0.864. The van der Waals surface area contributed by atoms with E-state index in [4.69, 9.17) is 10.7 Å². The van der Waals surface area contributed by atoms with Gasteiger partial charge >= 0.3 is 0 Å². The van der Waals surface area contributed by atoms with E-state index in [1.54, 1.807) is 0 Å². The van der Waals surface area contributed by atoms with Crippen LogP contribution >= 0.6 is 11.5 Å². The number of hydrogen-bond donors (Lipinski definition) is 1. The molecule has 1 fully saturated rings. The van der Waals surface area contributed by atoms with Crippen LogP contribution in [0.1, 0.15) is 57.2 Å². The minimum atomic E-state index is 0.283. The standard InChI is InChI=1S/C19H26N6S/c1-11(2)7-18-23-16-10-21-15(19-22-12(3)24-26-19)9-17(16)25(18)14-6-4-5-13(20)8-14/h9-11,13-14H,4-8,20H2,1-3H3/t13-,14+/m0/s1. The fraction of sp³-hybridized carbons (Fsp3) is 0.579. The van der Waals surface area contributed by atoms with Crippen LogP contribution in [0.4, 0.5) is 0 Å². The summed E-state index contributed by atoms with van der Waals surface area (Å²) in [7, 11) is 0. The fourth-order valence-electron chi connectivity index (χ4n) is 3.92. The van der Waals surface area contributed by atoms with E-state index in [2.05, 4.69) is 38.8 Å². The Kier molecular flexibility index (Phi) is 4.75. The summed E-state index contributed by atoms with van der Waals surface area (Å²) in [5.74, 6) is 2.50. The van der Waals surface area contributed by atoms with Gasteiger partial charge in [0.2, 0.25) is 0 Å². The zero-order valence-corrected chi connectivity index (χ0v) is 16.5. The molecule has 3 aromatic heterocycles.